The first-order valence-electron chi connectivity index (χ1n) is 6.39. The first-order chi connectivity index (χ1) is 9.45. The van der Waals surface area contributed by atoms with E-state index in [1.807, 2.05) is 6.92 Å². The fourth-order valence-corrected chi connectivity index (χ4v) is 1.57. The van der Waals surface area contributed by atoms with Crippen LogP contribution in [0.5, 0.6) is 0 Å². The number of rotatable bonds is 7. The Kier molecular flexibility index (Phi) is 6.05. The molecule has 1 aromatic rings. The van der Waals surface area contributed by atoms with Crippen LogP contribution in [0.1, 0.15) is 25.8 Å². The van der Waals surface area contributed by atoms with E-state index in [2.05, 4.69) is 10.6 Å². The second kappa shape index (κ2) is 7.54. The minimum Gasteiger partial charge on any atom is -0.355 e. The van der Waals surface area contributed by atoms with E-state index in [0.717, 1.165) is 18.6 Å². The van der Waals surface area contributed by atoms with Crippen molar-refractivity contribution >= 4 is 11.6 Å². The number of nitrogens with zero attached hydrogens (tertiary/aromatic N) is 1. The van der Waals surface area contributed by atoms with Gasteiger partial charge in [0.05, 0.1) is 11.0 Å². The van der Waals surface area contributed by atoms with Crippen molar-refractivity contribution in [3.05, 3.63) is 39.7 Å². The molecule has 110 valence electrons. The number of carbonyl (C=O) groups is 1. The van der Waals surface area contributed by atoms with Crippen LogP contribution in [0.2, 0.25) is 0 Å². The molecule has 2 N–H and O–H groups in total. The summed E-state index contributed by atoms with van der Waals surface area (Å²) in [5, 5.41) is 16.2. The summed E-state index contributed by atoms with van der Waals surface area (Å²) in [5.74, 6) is -1.01. The average Bonchev–Trinajstić information content (AvgIpc) is 2.41. The van der Waals surface area contributed by atoms with Gasteiger partial charge in [0.25, 0.3) is 0 Å². The maximum atomic E-state index is 13.4. The predicted molar refractivity (Wildman–Crippen MR) is 72.7 cm³/mol. The summed E-state index contributed by atoms with van der Waals surface area (Å²) in [6.45, 7) is 4.53. The van der Waals surface area contributed by atoms with Crippen LogP contribution >= 0.6 is 0 Å². The molecule has 0 spiro atoms. The molecule has 1 unspecified atom stereocenters. The Hall–Kier alpha value is -2.02. The van der Waals surface area contributed by atoms with Crippen LogP contribution in [0, 0.1) is 15.9 Å². The fourth-order valence-electron chi connectivity index (χ4n) is 1.57. The molecule has 0 aliphatic rings. The van der Waals surface area contributed by atoms with Crippen molar-refractivity contribution in [3.63, 3.8) is 0 Å². The zero-order chi connectivity index (χ0) is 15.1. The molecule has 1 atom stereocenters. The summed E-state index contributed by atoms with van der Waals surface area (Å²) < 4.78 is 13.4. The van der Waals surface area contributed by atoms with Crippen molar-refractivity contribution in [3.8, 4) is 0 Å². The predicted octanol–water partition coefficient (Wildman–Crippen LogP) is 1.74. The Morgan fingerprint density at radius 2 is 2.20 bits per heavy atom. The first kappa shape index (κ1) is 16.0. The van der Waals surface area contributed by atoms with Crippen LogP contribution < -0.4 is 10.6 Å². The van der Waals surface area contributed by atoms with Crippen molar-refractivity contribution in [1.29, 1.82) is 0 Å². The molecule has 0 aliphatic carbocycles. The molecular formula is C13H18FN3O3. The minimum absolute atomic E-state index is 0.130. The van der Waals surface area contributed by atoms with Gasteiger partial charge < -0.3 is 10.6 Å². The summed E-state index contributed by atoms with van der Waals surface area (Å²) in [6.07, 6.45) is 0.853. The van der Waals surface area contributed by atoms with Crippen molar-refractivity contribution < 1.29 is 14.1 Å². The van der Waals surface area contributed by atoms with Crippen LogP contribution in [-0.2, 0) is 11.3 Å². The van der Waals surface area contributed by atoms with Gasteiger partial charge in [0.1, 0.15) is 0 Å². The van der Waals surface area contributed by atoms with Gasteiger partial charge in [0.2, 0.25) is 11.7 Å². The highest BCUT2D eigenvalue weighted by Crippen LogP contribution is 2.17. The third kappa shape index (κ3) is 4.58. The van der Waals surface area contributed by atoms with Gasteiger partial charge in [-0.25, -0.2) is 0 Å². The van der Waals surface area contributed by atoms with E-state index in [4.69, 9.17) is 0 Å². The number of hydrogen-bond acceptors (Lipinski definition) is 4. The number of nitro groups is 1. The highest BCUT2D eigenvalue weighted by molar-refractivity contribution is 5.81. The van der Waals surface area contributed by atoms with Gasteiger partial charge in [0.15, 0.2) is 0 Å². The molecule has 0 saturated heterocycles. The Morgan fingerprint density at radius 1 is 1.50 bits per heavy atom. The molecule has 0 radical (unpaired) electrons. The Bertz CT molecular complexity index is 494. The number of hydrogen-bond donors (Lipinski definition) is 2. The van der Waals surface area contributed by atoms with Gasteiger partial charge in [-0.1, -0.05) is 13.0 Å². The average molecular weight is 283 g/mol. The number of benzene rings is 1. The van der Waals surface area contributed by atoms with Crippen molar-refractivity contribution in [2.45, 2.75) is 32.9 Å². The topological polar surface area (TPSA) is 84.3 Å². The minimum atomic E-state index is -0.877. The third-order valence-corrected chi connectivity index (χ3v) is 2.76. The van der Waals surface area contributed by atoms with Crippen molar-refractivity contribution in [2.24, 2.45) is 0 Å². The van der Waals surface area contributed by atoms with Crippen molar-refractivity contribution in [1.82, 2.24) is 10.6 Å². The van der Waals surface area contributed by atoms with E-state index in [1.54, 1.807) is 6.92 Å². The molecule has 0 fully saturated rings. The molecule has 0 heterocycles. The zero-order valence-corrected chi connectivity index (χ0v) is 11.5. The fraction of sp³-hybridized carbons (Fsp3) is 0.462. The normalized spacial score (nSPS) is 11.9. The number of nitrogens with one attached hydrogen (secondary N) is 2. The first-order valence-corrected chi connectivity index (χ1v) is 6.39. The largest absolute Gasteiger partial charge is 0.355 e. The molecule has 0 aliphatic heterocycles. The standard InChI is InChI=1S/C13H18FN3O3/c1-3-6-15-13(18)9(2)16-8-10-4-5-12(17(19)20)11(14)7-10/h4-5,7,9,16H,3,6,8H2,1-2H3,(H,15,18). The quantitative estimate of drug-likeness (QED) is 0.589. The highest BCUT2D eigenvalue weighted by Gasteiger charge is 2.15. The van der Waals surface area contributed by atoms with E-state index >= 15 is 0 Å². The maximum absolute atomic E-state index is 13.4. The number of nitro benzene ring substituents is 1. The Balaban J connectivity index is 2.55. The van der Waals surface area contributed by atoms with Crippen LogP contribution in [0.3, 0.4) is 0 Å². The number of halogens is 1. The number of amides is 1. The molecule has 20 heavy (non-hydrogen) atoms. The Labute approximate surface area is 116 Å². The lowest BCUT2D eigenvalue weighted by Gasteiger charge is -2.13. The Morgan fingerprint density at radius 3 is 2.75 bits per heavy atom. The van der Waals surface area contributed by atoms with E-state index in [9.17, 15) is 19.3 Å². The monoisotopic (exact) mass is 283 g/mol. The molecule has 0 bridgehead atoms. The summed E-state index contributed by atoms with van der Waals surface area (Å²) >= 11 is 0. The van der Waals surface area contributed by atoms with E-state index < -0.39 is 22.5 Å². The second-order valence-electron chi connectivity index (χ2n) is 4.44. The second-order valence-corrected chi connectivity index (χ2v) is 4.44. The van der Waals surface area contributed by atoms with E-state index in [1.165, 1.54) is 6.07 Å². The van der Waals surface area contributed by atoms with Crippen LogP contribution in [0.25, 0.3) is 0 Å². The van der Waals surface area contributed by atoms with E-state index in [0.29, 0.717) is 12.1 Å². The van der Waals surface area contributed by atoms with Gasteiger partial charge in [-0.2, -0.15) is 4.39 Å². The molecule has 6 nitrogen and oxygen atoms in total. The third-order valence-electron chi connectivity index (χ3n) is 2.76. The molecule has 0 aromatic heterocycles. The van der Waals surface area contributed by atoms with Gasteiger partial charge in [-0.05, 0) is 25.0 Å². The summed E-state index contributed by atoms with van der Waals surface area (Å²) in [6, 6.07) is 3.26. The van der Waals surface area contributed by atoms with Crippen LogP contribution in [-0.4, -0.2) is 23.4 Å². The SMILES string of the molecule is CCCNC(=O)C(C)NCc1ccc([N+](=O)[O-])c(F)c1. The molecule has 1 rings (SSSR count). The molecule has 0 saturated carbocycles. The molecular weight excluding hydrogens is 265 g/mol. The lowest BCUT2D eigenvalue weighted by molar-refractivity contribution is -0.387. The van der Waals surface area contributed by atoms with Crippen LogP contribution in [0.4, 0.5) is 10.1 Å². The number of carbonyl (C=O) groups excluding carboxylic acids is 1. The molecule has 1 aromatic carbocycles. The lowest BCUT2D eigenvalue weighted by Crippen LogP contribution is -2.42. The van der Waals surface area contributed by atoms with Gasteiger partial charge in [0, 0.05) is 19.2 Å². The highest BCUT2D eigenvalue weighted by atomic mass is 19.1. The van der Waals surface area contributed by atoms with Gasteiger partial charge in [-0.15, -0.1) is 0 Å². The van der Waals surface area contributed by atoms with E-state index in [-0.39, 0.29) is 12.5 Å². The van der Waals surface area contributed by atoms with Gasteiger partial charge in [-0.3, -0.25) is 14.9 Å². The maximum Gasteiger partial charge on any atom is 0.304 e. The lowest BCUT2D eigenvalue weighted by atomic mass is 10.2. The van der Waals surface area contributed by atoms with Crippen molar-refractivity contribution in [2.75, 3.05) is 6.54 Å². The summed E-state index contributed by atoms with van der Waals surface area (Å²) in [5.41, 5.74) is -0.00858. The summed E-state index contributed by atoms with van der Waals surface area (Å²) in [7, 11) is 0. The smallest absolute Gasteiger partial charge is 0.304 e. The van der Waals surface area contributed by atoms with Crippen LogP contribution in [0.15, 0.2) is 18.2 Å². The zero-order valence-electron chi connectivity index (χ0n) is 11.5. The molecule has 1 amide bonds. The molecule has 7 heteroatoms. The summed E-state index contributed by atoms with van der Waals surface area (Å²) in [4.78, 5) is 21.3. The van der Waals surface area contributed by atoms with Gasteiger partial charge >= 0.3 is 5.69 Å².